The van der Waals surface area contributed by atoms with Gasteiger partial charge in [0.1, 0.15) is 0 Å². The van der Waals surface area contributed by atoms with Crippen LogP contribution < -0.4 is 5.32 Å². The van der Waals surface area contributed by atoms with Crippen LogP contribution in [0.2, 0.25) is 5.02 Å². The van der Waals surface area contributed by atoms with Crippen LogP contribution in [-0.4, -0.2) is 22.8 Å². The summed E-state index contributed by atoms with van der Waals surface area (Å²) in [4.78, 5) is 0. The van der Waals surface area contributed by atoms with E-state index in [0.717, 1.165) is 23.7 Å². The number of nitrogens with one attached hydrogen (secondary N) is 1. The largest absolute Gasteiger partial charge is 0.312 e. The van der Waals surface area contributed by atoms with Gasteiger partial charge in [-0.15, -0.1) is 0 Å². The van der Waals surface area contributed by atoms with Gasteiger partial charge < -0.3 is 5.32 Å². The lowest BCUT2D eigenvalue weighted by Gasteiger charge is -2.05. The molecule has 0 amide bonds. The molecule has 1 rings (SSSR count). The molecular weight excluding hydrogens is 218 g/mol. The Hall–Kier alpha value is -0.380. The van der Waals surface area contributed by atoms with E-state index in [-0.39, 0.29) is 0 Å². The predicted octanol–water partition coefficient (Wildman–Crippen LogP) is 1.81. The lowest BCUT2D eigenvalue weighted by atomic mass is 10.2. The first-order valence-electron chi connectivity index (χ1n) is 4.44. The Morgan fingerprint density at radius 1 is 1.43 bits per heavy atom. The molecule has 0 aliphatic heterocycles. The minimum atomic E-state index is -0.724. The zero-order valence-corrected chi connectivity index (χ0v) is 9.70. The molecule has 2 nitrogen and oxygen atoms in total. The van der Waals surface area contributed by atoms with Crippen molar-refractivity contribution >= 4 is 22.4 Å². The van der Waals surface area contributed by atoms with Crippen molar-refractivity contribution in [2.75, 3.05) is 18.6 Å². The Balaban J connectivity index is 2.31. The molecule has 0 bridgehead atoms. The molecule has 0 spiro atoms. The molecule has 4 heteroatoms. The predicted molar refractivity (Wildman–Crippen MR) is 62.1 cm³/mol. The van der Waals surface area contributed by atoms with Gasteiger partial charge in [-0.05, 0) is 11.6 Å². The number of halogens is 1. The van der Waals surface area contributed by atoms with Gasteiger partial charge in [0, 0.05) is 40.9 Å². The van der Waals surface area contributed by atoms with Crippen LogP contribution in [-0.2, 0) is 17.3 Å². The fraction of sp³-hybridized carbons (Fsp3) is 0.400. The van der Waals surface area contributed by atoms with Crippen molar-refractivity contribution in [3.05, 3.63) is 34.9 Å². The highest BCUT2D eigenvalue weighted by atomic mass is 35.5. The first kappa shape index (κ1) is 11.7. The van der Waals surface area contributed by atoms with Gasteiger partial charge in [-0.25, -0.2) is 0 Å². The number of benzene rings is 1. The molecule has 1 atom stereocenters. The van der Waals surface area contributed by atoms with Gasteiger partial charge in [-0.3, -0.25) is 4.21 Å². The summed E-state index contributed by atoms with van der Waals surface area (Å²) < 4.78 is 10.8. The van der Waals surface area contributed by atoms with Crippen molar-refractivity contribution < 1.29 is 4.21 Å². The zero-order chi connectivity index (χ0) is 10.4. The highest BCUT2D eigenvalue weighted by Gasteiger charge is 1.97. The maximum absolute atomic E-state index is 10.8. The van der Waals surface area contributed by atoms with E-state index < -0.39 is 10.8 Å². The summed E-state index contributed by atoms with van der Waals surface area (Å²) in [7, 11) is -0.724. The molecule has 1 unspecified atom stereocenters. The van der Waals surface area contributed by atoms with Crippen LogP contribution in [0.25, 0.3) is 0 Å². The van der Waals surface area contributed by atoms with E-state index in [1.54, 1.807) is 6.26 Å². The molecule has 0 fully saturated rings. The second-order valence-electron chi connectivity index (χ2n) is 3.05. The molecule has 0 heterocycles. The Bertz CT molecular complexity index is 317. The number of hydrogen-bond donors (Lipinski definition) is 1. The topological polar surface area (TPSA) is 29.1 Å². The summed E-state index contributed by atoms with van der Waals surface area (Å²) in [6.45, 7) is 1.49. The number of hydrogen-bond acceptors (Lipinski definition) is 2. The average Bonchev–Trinajstić information content (AvgIpc) is 2.15. The average molecular weight is 232 g/mol. The first-order chi connectivity index (χ1) is 6.70. The number of rotatable bonds is 5. The summed E-state index contributed by atoms with van der Waals surface area (Å²) in [5.41, 5.74) is 1.08. The molecule has 14 heavy (non-hydrogen) atoms. The van der Waals surface area contributed by atoms with Crippen molar-refractivity contribution in [3.63, 3.8) is 0 Å². The Kier molecular flexibility index (Phi) is 5.15. The van der Waals surface area contributed by atoms with E-state index in [0.29, 0.717) is 5.75 Å². The molecular formula is C10H14ClNOS. The summed E-state index contributed by atoms with van der Waals surface area (Å²) in [5.74, 6) is 0.685. The molecule has 0 saturated carbocycles. The lowest BCUT2D eigenvalue weighted by molar-refractivity contribution is 0.677. The molecule has 0 saturated heterocycles. The third-order valence-corrected chi connectivity index (χ3v) is 2.99. The minimum absolute atomic E-state index is 0.685. The van der Waals surface area contributed by atoms with Gasteiger partial charge in [0.25, 0.3) is 0 Å². The molecule has 0 aromatic heterocycles. The van der Waals surface area contributed by atoms with Gasteiger partial charge >= 0.3 is 0 Å². The summed E-state index contributed by atoms with van der Waals surface area (Å²) in [6, 6.07) is 7.72. The third kappa shape index (κ3) is 4.22. The van der Waals surface area contributed by atoms with E-state index in [1.807, 2.05) is 24.3 Å². The molecule has 1 N–H and O–H groups in total. The van der Waals surface area contributed by atoms with Crippen LogP contribution in [0.1, 0.15) is 5.56 Å². The maximum Gasteiger partial charge on any atom is 0.0450 e. The fourth-order valence-electron chi connectivity index (χ4n) is 1.08. The summed E-state index contributed by atoms with van der Waals surface area (Å²) in [5, 5.41) is 3.97. The Morgan fingerprint density at radius 3 is 2.79 bits per heavy atom. The van der Waals surface area contributed by atoms with Crippen molar-refractivity contribution in [2.45, 2.75) is 6.54 Å². The first-order valence-corrected chi connectivity index (χ1v) is 6.55. The zero-order valence-electron chi connectivity index (χ0n) is 8.13. The van der Waals surface area contributed by atoms with E-state index in [2.05, 4.69) is 5.32 Å². The lowest BCUT2D eigenvalue weighted by Crippen LogP contribution is -2.19. The second kappa shape index (κ2) is 6.17. The minimum Gasteiger partial charge on any atom is -0.312 e. The van der Waals surface area contributed by atoms with Gasteiger partial charge in [-0.2, -0.15) is 0 Å². The second-order valence-corrected chi connectivity index (χ2v) is 5.01. The molecule has 0 aliphatic rings. The van der Waals surface area contributed by atoms with Crippen LogP contribution in [0.3, 0.4) is 0 Å². The van der Waals surface area contributed by atoms with Crippen molar-refractivity contribution in [2.24, 2.45) is 0 Å². The van der Waals surface area contributed by atoms with Gasteiger partial charge in [0.2, 0.25) is 0 Å². The van der Waals surface area contributed by atoms with Crippen molar-refractivity contribution in [1.29, 1.82) is 0 Å². The molecule has 1 aromatic rings. The van der Waals surface area contributed by atoms with E-state index in [1.165, 1.54) is 0 Å². The molecule has 0 radical (unpaired) electrons. The van der Waals surface area contributed by atoms with Crippen molar-refractivity contribution in [1.82, 2.24) is 5.32 Å². The maximum atomic E-state index is 10.8. The normalized spacial score (nSPS) is 12.7. The SMILES string of the molecule is CS(=O)CCNCc1ccccc1Cl. The highest BCUT2D eigenvalue weighted by Crippen LogP contribution is 2.13. The smallest absolute Gasteiger partial charge is 0.0450 e. The van der Waals surface area contributed by atoms with E-state index in [4.69, 9.17) is 11.6 Å². The van der Waals surface area contributed by atoms with E-state index in [9.17, 15) is 4.21 Å². The van der Waals surface area contributed by atoms with Crippen LogP contribution in [0.5, 0.6) is 0 Å². The van der Waals surface area contributed by atoms with Gasteiger partial charge in [-0.1, -0.05) is 29.8 Å². The van der Waals surface area contributed by atoms with E-state index >= 15 is 0 Å². The van der Waals surface area contributed by atoms with Gasteiger partial charge in [0.05, 0.1) is 0 Å². The van der Waals surface area contributed by atoms with Crippen LogP contribution in [0, 0.1) is 0 Å². The van der Waals surface area contributed by atoms with Crippen LogP contribution >= 0.6 is 11.6 Å². The summed E-state index contributed by atoms with van der Waals surface area (Å²) >= 11 is 5.97. The van der Waals surface area contributed by atoms with Crippen LogP contribution in [0.15, 0.2) is 24.3 Å². The quantitative estimate of drug-likeness (QED) is 0.784. The molecule has 1 aromatic carbocycles. The molecule has 0 aliphatic carbocycles. The monoisotopic (exact) mass is 231 g/mol. The molecule has 78 valence electrons. The fourth-order valence-corrected chi connectivity index (χ4v) is 1.72. The van der Waals surface area contributed by atoms with Crippen molar-refractivity contribution in [3.8, 4) is 0 Å². The Morgan fingerprint density at radius 2 is 2.14 bits per heavy atom. The Labute approximate surface area is 92.1 Å². The third-order valence-electron chi connectivity index (χ3n) is 1.84. The summed E-state index contributed by atoms with van der Waals surface area (Å²) in [6.07, 6.45) is 1.71. The highest BCUT2D eigenvalue weighted by molar-refractivity contribution is 7.84. The van der Waals surface area contributed by atoms with Crippen LogP contribution in [0.4, 0.5) is 0 Å². The van der Waals surface area contributed by atoms with Gasteiger partial charge in [0.15, 0.2) is 0 Å². The standard InChI is InChI=1S/C10H14ClNOS/c1-14(13)7-6-12-8-9-4-2-3-5-10(9)11/h2-5,12H,6-8H2,1H3.